The van der Waals surface area contributed by atoms with E-state index in [1.807, 2.05) is 0 Å². The fourth-order valence-electron chi connectivity index (χ4n) is 1.73. The van der Waals surface area contributed by atoms with Gasteiger partial charge in [-0.1, -0.05) is 0 Å². The van der Waals surface area contributed by atoms with Crippen LogP contribution < -0.4 is 0 Å². The number of β-amino-alcohol motifs (C(OH)–C–C–N with tert-alkyl or cyclic N) is 1. The molecule has 92 valence electrons. The topological polar surface area (TPSA) is 86.5 Å². The van der Waals surface area contributed by atoms with Crippen molar-refractivity contribution in [2.75, 3.05) is 18.8 Å². The molecule has 7 heteroatoms. The summed E-state index contributed by atoms with van der Waals surface area (Å²) in [6.07, 6.45) is 3.30. The lowest BCUT2D eigenvalue weighted by Crippen LogP contribution is -2.27. The summed E-state index contributed by atoms with van der Waals surface area (Å²) in [5, 5.41) is 19.3. The van der Waals surface area contributed by atoms with Crippen LogP contribution in [0.4, 0.5) is 4.79 Å². The van der Waals surface area contributed by atoms with Gasteiger partial charge in [-0.15, -0.1) is 11.8 Å². The number of thioether (sulfide) groups is 1. The van der Waals surface area contributed by atoms with Gasteiger partial charge in [-0.3, -0.25) is 4.98 Å². The van der Waals surface area contributed by atoms with Gasteiger partial charge in [0.25, 0.3) is 0 Å². The third-order valence-electron chi connectivity index (χ3n) is 2.66. The number of aliphatic hydroxyl groups is 1. The number of hydrogen-bond donors (Lipinski definition) is 2. The molecular formula is C10H13N3O3S. The van der Waals surface area contributed by atoms with Crippen molar-refractivity contribution in [3.8, 4) is 0 Å². The van der Waals surface area contributed by atoms with E-state index >= 15 is 0 Å². The van der Waals surface area contributed by atoms with Gasteiger partial charge >= 0.3 is 6.09 Å². The van der Waals surface area contributed by atoms with Crippen molar-refractivity contribution >= 4 is 17.9 Å². The molecule has 2 heterocycles. The molecule has 1 aliphatic rings. The standard InChI is InChI=1S/C10H13N3O3S/c14-8-5-13(10(15)16)4-7(8)6-17-9-3-11-1-2-12-9/h1-3,7-8,14H,4-6H2,(H,15,16)/t7-,8+/m1/s1. The van der Waals surface area contributed by atoms with Crippen LogP contribution in [0.3, 0.4) is 0 Å². The largest absolute Gasteiger partial charge is 0.465 e. The highest BCUT2D eigenvalue weighted by molar-refractivity contribution is 7.99. The van der Waals surface area contributed by atoms with E-state index in [-0.39, 0.29) is 12.5 Å². The molecule has 1 saturated heterocycles. The molecule has 0 unspecified atom stereocenters. The van der Waals surface area contributed by atoms with Gasteiger partial charge in [0, 0.05) is 30.6 Å². The monoisotopic (exact) mass is 255 g/mol. The second-order valence-electron chi connectivity index (χ2n) is 3.87. The molecule has 0 spiro atoms. The van der Waals surface area contributed by atoms with Crippen LogP contribution in [0.1, 0.15) is 0 Å². The van der Waals surface area contributed by atoms with Gasteiger partial charge in [0.1, 0.15) is 5.03 Å². The Morgan fingerprint density at radius 1 is 1.53 bits per heavy atom. The Morgan fingerprint density at radius 3 is 2.94 bits per heavy atom. The number of hydrogen-bond acceptors (Lipinski definition) is 5. The van der Waals surface area contributed by atoms with Crippen molar-refractivity contribution in [1.82, 2.24) is 14.9 Å². The van der Waals surface area contributed by atoms with E-state index in [9.17, 15) is 9.90 Å². The Kier molecular flexibility index (Phi) is 3.80. The summed E-state index contributed by atoms with van der Waals surface area (Å²) >= 11 is 1.48. The number of rotatable bonds is 3. The number of amides is 1. The molecule has 0 aromatic carbocycles. The lowest BCUT2D eigenvalue weighted by molar-refractivity contribution is 0.135. The Morgan fingerprint density at radius 2 is 2.35 bits per heavy atom. The molecule has 1 fully saturated rings. The smallest absolute Gasteiger partial charge is 0.407 e. The van der Waals surface area contributed by atoms with E-state index in [1.54, 1.807) is 18.6 Å². The molecule has 1 aromatic heterocycles. The van der Waals surface area contributed by atoms with Gasteiger partial charge in [0.15, 0.2) is 0 Å². The highest BCUT2D eigenvalue weighted by Gasteiger charge is 2.33. The summed E-state index contributed by atoms with van der Waals surface area (Å²) in [5.74, 6) is 0.599. The number of aliphatic hydroxyl groups excluding tert-OH is 1. The molecule has 17 heavy (non-hydrogen) atoms. The van der Waals surface area contributed by atoms with Crippen LogP contribution in [0.5, 0.6) is 0 Å². The van der Waals surface area contributed by atoms with Crippen LogP contribution in [-0.2, 0) is 0 Å². The van der Waals surface area contributed by atoms with Gasteiger partial charge in [-0.05, 0) is 0 Å². The molecule has 2 atom stereocenters. The minimum Gasteiger partial charge on any atom is -0.465 e. The minimum atomic E-state index is -0.976. The maximum Gasteiger partial charge on any atom is 0.407 e. The highest BCUT2D eigenvalue weighted by atomic mass is 32.2. The van der Waals surface area contributed by atoms with E-state index in [4.69, 9.17) is 5.11 Å². The number of aromatic nitrogens is 2. The predicted octanol–water partition coefficient (Wildman–Crippen LogP) is 0.539. The Hall–Kier alpha value is -1.34. The quantitative estimate of drug-likeness (QED) is 0.767. The first kappa shape index (κ1) is 12.1. The summed E-state index contributed by atoms with van der Waals surface area (Å²) in [4.78, 5) is 20.0. The lowest BCUT2D eigenvalue weighted by atomic mass is 10.1. The van der Waals surface area contributed by atoms with E-state index in [0.29, 0.717) is 12.3 Å². The van der Waals surface area contributed by atoms with Crippen molar-refractivity contribution in [2.45, 2.75) is 11.1 Å². The van der Waals surface area contributed by atoms with Gasteiger partial charge in [-0.25, -0.2) is 9.78 Å². The molecule has 2 N–H and O–H groups in total. The molecule has 6 nitrogen and oxygen atoms in total. The van der Waals surface area contributed by atoms with Gasteiger partial charge < -0.3 is 15.1 Å². The number of carbonyl (C=O) groups is 1. The van der Waals surface area contributed by atoms with Crippen molar-refractivity contribution < 1.29 is 15.0 Å². The van der Waals surface area contributed by atoms with Crippen molar-refractivity contribution in [3.63, 3.8) is 0 Å². The summed E-state index contributed by atoms with van der Waals surface area (Å²) in [6.45, 7) is 0.574. The zero-order valence-electron chi connectivity index (χ0n) is 9.06. The Labute approximate surface area is 103 Å². The van der Waals surface area contributed by atoms with E-state index in [2.05, 4.69) is 9.97 Å². The summed E-state index contributed by atoms with van der Waals surface area (Å²) in [5.41, 5.74) is 0. The summed E-state index contributed by atoms with van der Waals surface area (Å²) < 4.78 is 0. The number of nitrogens with zero attached hydrogens (tertiary/aromatic N) is 3. The average Bonchev–Trinajstić information content (AvgIpc) is 2.70. The van der Waals surface area contributed by atoms with E-state index in [0.717, 1.165) is 5.03 Å². The van der Waals surface area contributed by atoms with E-state index < -0.39 is 12.2 Å². The fourth-order valence-corrected chi connectivity index (χ4v) is 2.71. The highest BCUT2D eigenvalue weighted by Crippen LogP contribution is 2.24. The van der Waals surface area contributed by atoms with Crippen LogP contribution in [0.25, 0.3) is 0 Å². The zero-order chi connectivity index (χ0) is 12.3. The molecule has 2 rings (SSSR count). The molecule has 1 aromatic rings. The second-order valence-corrected chi connectivity index (χ2v) is 4.91. The normalized spacial score (nSPS) is 23.9. The summed E-state index contributed by atoms with van der Waals surface area (Å²) in [7, 11) is 0. The molecule has 1 amide bonds. The predicted molar refractivity (Wildman–Crippen MR) is 61.9 cm³/mol. The summed E-state index contributed by atoms with van der Waals surface area (Å²) in [6, 6.07) is 0. The first-order valence-electron chi connectivity index (χ1n) is 5.21. The third-order valence-corrected chi connectivity index (χ3v) is 3.76. The van der Waals surface area contributed by atoms with Gasteiger partial charge in [-0.2, -0.15) is 0 Å². The van der Waals surface area contributed by atoms with Crippen LogP contribution in [0, 0.1) is 5.92 Å². The minimum absolute atomic E-state index is 0.0434. The molecule has 0 aliphatic carbocycles. The van der Waals surface area contributed by atoms with Crippen molar-refractivity contribution in [3.05, 3.63) is 18.6 Å². The molecular weight excluding hydrogens is 242 g/mol. The maximum absolute atomic E-state index is 10.8. The molecule has 0 saturated carbocycles. The fraction of sp³-hybridized carbons (Fsp3) is 0.500. The number of carboxylic acid groups (broad SMARTS) is 1. The first-order chi connectivity index (χ1) is 8.16. The second kappa shape index (κ2) is 5.33. The van der Waals surface area contributed by atoms with Crippen LogP contribution >= 0.6 is 11.8 Å². The molecule has 1 aliphatic heterocycles. The third kappa shape index (κ3) is 3.07. The van der Waals surface area contributed by atoms with Gasteiger partial charge in [0.05, 0.1) is 18.8 Å². The first-order valence-corrected chi connectivity index (χ1v) is 6.20. The van der Waals surface area contributed by atoms with Crippen molar-refractivity contribution in [2.24, 2.45) is 5.92 Å². The molecule has 0 bridgehead atoms. The maximum atomic E-state index is 10.8. The zero-order valence-corrected chi connectivity index (χ0v) is 9.88. The van der Waals surface area contributed by atoms with Gasteiger partial charge in [0.2, 0.25) is 0 Å². The van der Waals surface area contributed by atoms with E-state index in [1.165, 1.54) is 16.7 Å². The average molecular weight is 255 g/mol. The van der Waals surface area contributed by atoms with Crippen LogP contribution in [0.2, 0.25) is 0 Å². The SMILES string of the molecule is O=C(O)N1C[C@H](CSc2cnccn2)[C@@H](O)C1. The Balaban J connectivity index is 1.86. The number of likely N-dealkylation sites (tertiary alicyclic amines) is 1. The van der Waals surface area contributed by atoms with Crippen LogP contribution in [0.15, 0.2) is 23.6 Å². The molecule has 0 radical (unpaired) electrons. The lowest BCUT2D eigenvalue weighted by Gasteiger charge is -2.11. The van der Waals surface area contributed by atoms with Crippen molar-refractivity contribution in [1.29, 1.82) is 0 Å². The Bertz CT molecular complexity index is 390. The van der Waals surface area contributed by atoms with Crippen LogP contribution in [-0.4, -0.2) is 56.1 Å².